The maximum Gasteiger partial charge on any atom is 0.339 e. The molecular weight excluding hydrogens is 232 g/mol. The molecule has 2 atom stereocenters. The minimum Gasteiger partial charge on any atom is -0.487 e. The molecule has 0 saturated heterocycles. The van der Waals surface area contributed by atoms with Gasteiger partial charge >= 0.3 is 5.97 Å². The number of rotatable bonds is 3. The van der Waals surface area contributed by atoms with Gasteiger partial charge in [-0.25, -0.2) is 4.79 Å². The van der Waals surface area contributed by atoms with Gasteiger partial charge < -0.3 is 21.3 Å². The molecule has 0 amide bonds. The molecule has 2 unspecified atom stereocenters. The lowest BCUT2D eigenvalue weighted by Crippen LogP contribution is -2.34. The third-order valence-electron chi connectivity index (χ3n) is 3.23. The van der Waals surface area contributed by atoms with Gasteiger partial charge in [0.05, 0.1) is 5.69 Å². The Balaban J connectivity index is 2.20. The molecule has 1 aromatic carbocycles. The van der Waals surface area contributed by atoms with Gasteiger partial charge in [0.25, 0.3) is 0 Å². The summed E-state index contributed by atoms with van der Waals surface area (Å²) in [5.74, 6) is -0.762. The summed E-state index contributed by atoms with van der Waals surface area (Å²) in [4.78, 5) is 11.1. The zero-order chi connectivity index (χ0) is 13.1. The molecule has 0 spiro atoms. The van der Waals surface area contributed by atoms with Crippen LogP contribution >= 0.6 is 0 Å². The fourth-order valence-electron chi connectivity index (χ4n) is 2.31. The predicted molar refractivity (Wildman–Crippen MR) is 68.7 cm³/mol. The van der Waals surface area contributed by atoms with Crippen molar-refractivity contribution < 1.29 is 14.6 Å². The fraction of sp³-hybridized carbons (Fsp3) is 0.462. The second kappa shape index (κ2) is 5.27. The van der Waals surface area contributed by atoms with Gasteiger partial charge in [0.15, 0.2) is 5.75 Å². The molecule has 0 bridgehead atoms. The number of ether oxygens (including phenoxy) is 1. The molecule has 5 N–H and O–H groups in total. The summed E-state index contributed by atoms with van der Waals surface area (Å²) in [6.45, 7) is 0. The van der Waals surface area contributed by atoms with Crippen LogP contribution in [-0.4, -0.2) is 23.2 Å². The van der Waals surface area contributed by atoms with E-state index in [1.165, 1.54) is 6.07 Å². The number of carboxylic acid groups (broad SMARTS) is 1. The standard InChI is InChI=1S/C13H18N2O3/c14-8-3-1-4-9(7-8)18-12-10(13(16)17)5-2-6-11(12)15/h2,5-6,8-9H,1,3-4,7,14-15H2,(H,16,17). The molecule has 1 aliphatic carbocycles. The van der Waals surface area contributed by atoms with Gasteiger partial charge in [-0.2, -0.15) is 0 Å². The number of nitrogens with two attached hydrogens (primary N) is 2. The van der Waals surface area contributed by atoms with Crippen LogP contribution in [0.3, 0.4) is 0 Å². The van der Waals surface area contributed by atoms with Gasteiger partial charge in [-0.1, -0.05) is 6.07 Å². The van der Waals surface area contributed by atoms with Crippen LogP contribution < -0.4 is 16.2 Å². The van der Waals surface area contributed by atoms with Gasteiger partial charge in [0.2, 0.25) is 0 Å². The van der Waals surface area contributed by atoms with Crippen molar-refractivity contribution >= 4 is 11.7 Å². The quantitative estimate of drug-likeness (QED) is 0.708. The maximum atomic E-state index is 11.1. The lowest BCUT2D eigenvalue weighted by molar-refractivity contribution is 0.0685. The summed E-state index contributed by atoms with van der Waals surface area (Å²) in [6, 6.07) is 4.88. The number of carbonyl (C=O) groups is 1. The van der Waals surface area contributed by atoms with Gasteiger partial charge in [-0.05, 0) is 37.8 Å². The molecule has 1 aromatic rings. The van der Waals surface area contributed by atoms with Gasteiger partial charge in [-0.15, -0.1) is 0 Å². The van der Waals surface area contributed by atoms with Crippen molar-refractivity contribution in [3.63, 3.8) is 0 Å². The molecular formula is C13H18N2O3. The average molecular weight is 250 g/mol. The lowest BCUT2D eigenvalue weighted by atomic mass is 9.93. The Morgan fingerprint density at radius 2 is 2.17 bits per heavy atom. The summed E-state index contributed by atoms with van der Waals surface area (Å²) in [7, 11) is 0. The van der Waals surface area contributed by atoms with E-state index in [0.29, 0.717) is 5.69 Å². The number of aromatic carboxylic acids is 1. The van der Waals surface area contributed by atoms with Crippen LogP contribution in [-0.2, 0) is 0 Å². The van der Waals surface area contributed by atoms with Crippen molar-refractivity contribution in [1.82, 2.24) is 0 Å². The van der Waals surface area contributed by atoms with Gasteiger partial charge in [0, 0.05) is 6.04 Å². The van der Waals surface area contributed by atoms with Crippen molar-refractivity contribution in [2.75, 3.05) is 5.73 Å². The number of hydrogen-bond donors (Lipinski definition) is 3. The van der Waals surface area contributed by atoms with E-state index in [1.54, 1.807) is 12.1 Å². The molecule has 5 heteroatoms. The Morgan fingerprint density at radius 3 is 2.83 bits per heavy atom. The van der Waals surface area contributed by atoms with Crippen molar-refractivity contribution in [2.45, 2.75) is 37.8 Å². The first-order valence-corrected chi connectivity index (χ1v) is 6.12. The number of hydrogen-bond acceptors (Lipinski definition) is 4. The topological polar surface area (TPSA) is 98.6 Å². The van der Waals surface area contributed by atoms with Crippen LogP contribution in [0.4, 0.5) is 5.69 Å². The smallest absolute Gasteiger partial charge is 0.339 e. The van der Waals surface area contributed by atoms with Crippen LogP contribution in [0.1, 0.15) is 36.0 Å². The predicted octanol–water partition coefficient (Wildman–Crippen LogP) is 1.62. The molecule has 5 nitrogen and oxygen atoms in total. The number of anilines is 1. The monoisotopic (exact) mass is 250 g/mol. The minimum absolute atomic E-state index is 0.0449. The van der Waals surface area contributed by atoms with Crippen LogP contribution in [0.2, 0.25) is 0 Å². The Hall–Kier alpha value is -1.75. The molecule has 2 rings (SSSR count). The highest BCUT2D eigenvalue weighted by molar-refractivity contribution is 5.93. The van der Waals surface area contributed by atoms with Crippen LogP contribution in [0, 0.1) is 0 Å². The highest BCUT2D eigenvalue weighted by Crippen LogP contribution is 2.30. The summed E-state index contributed by atoms with van der Waals surface area (Å²) in [5, 5.41) is 9.11. The van der Waals surface area contributed by atoms with Crippen molar-refractivity contribution in [2.24, 2.45) is 5.73 Å². The number of carboxylic acids is 1. The minimum atomic E-state index is -1.03. The number of para-hydroxylation sites is 1. The summed E-state index contributed by atoms with van der Waals surface area (Å²) >= 11 is 0. The maximum absolute atomic E-state index is 11.1. The first kappa shape index (κ1) is 12.7. The summed E-state index contributed by atoms with van der Waals surface area (Å²) in [5.41, 5.74) is 12.1. The van der Waals surface area contributed by atoms with Crippen molar-refractivity contribution in [3.05, 3.63) is 23.8 Å². The van der Waals surface area contributed by atoms with Crippen LogP contribution in [0.5, 0.6) is 5.75 Å². The highest BCUT2D eigenvalue weighted by Gasteiger charge is 2.23. The molecule has 0 heterocycles. The van der Waals surface area contributed by atoms with E-state index in [2.05, 4.69) is 0 Å². The van der Waals surface area contributed by atoms with E-state index >= 15 is 0 Å². The van der Waals surface area contributed by atoms with Gasteiger partial charge in [-0.3, -0.25) is 0 Å². The van der Waals surface area contributed by atoms with E-state index in [0.717, 1.165) is 25.7 Å². The van der Waals surface area contributed by atoms with E-state index in [1.807, 2.05) is 0 Å². The first-order valence-electron chi connectivity index (χ1n) is 6.12. The first-order chi connectivity index (χ1) is 8.58. The summed E-state index contributed by atoms with van der Waals surface area (Å²) in [6.07, 6.45) is 3.59. The molecule has 1 aliphatic rings. The Bertz CT molecular complexity index is 448. The van der Waals surface area contributed by atoms with Gasteiger partial charge in [0.1, 0.15) is 11.7 Å². The molecule has 98 valence electrons. The molecule has 0 aliphatic heterocycles. The molecule has 1 saturated carbocycles. The second-order valence-corrected chi connectivity index (χ2v) is 4.70. The molecule has 18 heavy (non-hydrogen) atoms. The summed E-state index contributed by atoms with van der Waals surface area (Å²) < 4.78 is 5.76. The third kappa shape index (κ3) is 2.73. The Labute approximate surface area is 106 Å². The normalized spacial score (nSPS) is 23.6. The number of nitrogen functional groups attached to an aromatic ring is 1. The molecule has 0 radical (unpaired) electrons. The van der Waals surface area contributed by atoms with E-state index in [9.17, 15) is 4.79 Å². The van der Waals surface area contributed by atoms with Crippen LogP contribution in [0.25, 0.3) is 0 Å². The SMILES string of the molecule is Nc1cccc(C(=O)O)c1OC1CCCC(N)C1. The third-order valence-corrected chi connectivity index (χ3v) is 3.23. The molecule has 0 aromatic heterocycles. The molecule has 1 fully saturated rings. The second-order valence-electron chi connectivity index (χ2n) is 4.70. The zero-order valence-corrected chi connectivity index (χ0v) is 10.1. The van der Waals surface area contributed by atoms with E-state index in [-0.39, 0.29) is 23.5 Å². The largest absolute Gasteiger partial charge is 0.487 e. The van der Waals surface area contributed by atoms with Crippen molar-refractivity contribution in [3.8, 4) is 5.75 Å². The van der Waals surface area contributed by atoms with E-state index in [4.69, 9.17) is 21.3 Å². The number of benzene rings is 1. The Kier molecular flexibility index (Phi) is 3.72. The Morgan fingerprint density at radius 1 is 1.39 bits per heavy atom. The fourth-order valence-corrected chi connectivity index (χ4v) is 2.31. The highest BCUT2D eigenvalue weighted by atomic mass is 16.5. The lowest BCUT2D eigenvalue weighted by Gasteiger charge is -2.28. The van der Waals surface area contributed by atoms with E-state index < -0.39 is 5.97 Å². The zero-order valence-electron chi connectivity index (χ0n) is 10.1. The average Bonchev–Trinajstić information content (AvgIpc) is 2.31. The van der Waals surface area contributed by atoms with Crippen molar-refractivity contribution in [1.29, 1.82) is 0 Å². The van der Waals surface area contributed by atoms with Crippen LogP contribution in [0.15, 0.2) is 18.2 Å².